The fraction of sp³-hybridized carbons (Fsp3) is 0.895. The van der Waals surface area contributed by atoms with Gasteiger partial charge in [0.1, 0.15) is 0 Å². The predicted octanol–water partition coefficient (Wildman–Crippen LogP) is 1.87. The molecule has 0 aromatic rings. The summed E-state index contributed by atoms with van der Waals surface area (Å²) < 4.78 is 0. The van der Waals surface area contributed by atoms with Gasteiger partial charge in [-0.25, -0.2) is 0 Å². The Hall–Kier alpha value is -1.10. The average Bonchev–Trinajstić information content (AvgIpc) is 3.51. The number of rotatable bonds is 9. The second kappa shape index (κ2) is 7.42. The molecule has 136 valence electrons. The maximum absolute atomic E-state index is 13.3. The Labute approximate surface area is 146 Å². The van der Waals surface area contributed by atoms with Gasteiger partial charge in [-0.1, -0.05) is 0 Å². The van der Waals surface area contributed by atoms with Gasteiger partial charge in [-0.3, -0.25) is 9.59 Å². The fourth-order valence-electron chi connectivity index (χ4n) is 3.88. The summed E-state index contributed by atoms with van der Waals surface area (Å²) in [6, 6.07) is 0. The molecule has 0 aromatic carbocycles. The van der Waals surface area contributed by atoms with Gasteiger partial charge in [0.15, 0.2) is 0 Å². The van der Waals surface area contributed by atoms with Crippen molar-refractivity contribution in [1.82, 2.24) is 15.1 Å². The minimum atomic E-state index is -0.515. The van der Waals surface area contributed by atoms with Crippen LogP contribution in [0.2, 0.25) is 0 Å². The molecule has 5 heteroatoms. The molecule has 3 rings (SSSR count). The first-order valence-corrected chi connectivity index (χ1v) is 9.86. The van der Waals surface area contributed by atoms with Gasteiger partial charge >= 0.3 is 0 Å². The lowest BCUT2D eigenvalue weighted by Crippen LogP contribution is -2.49. The van der Waals surface area contributed by atoms with Crippen LogP contribution in [0.15, 0.2) is 0 Å². The van der Waals surface area contributed by atoms with Crippen LogP contribution >= 0.6 is 0 Å². The quantitative estimate of drug-likeness (QED) is 0.700. The molecule has 0 spiro atoms. The van der Waals surface area contributed by atoms with E-state index in [4.69, 9.17) is 0 Å². The van der Waals surface area contributed by atoms with Crippen LogP contribution in [0.3, 0.4) is 0 Å². The average molecular weight is 335 g/mol. The predicted molar refractivity (Wildman–Crippen MR) is 94.5 cm³/mol. The highest BCUT2D eigenvalue weighted by atomic mass is 16.2. The molecule has 0 bridgehead atoms. The molecule has 2 aliphatic carbocycles. The second-order valence-corrected chi connectivity index (χ2v) is 8.05. The van der Waals surface area contributed by atoms with E-state index in [0.29, 0.717) is 24.8 Å². The molecule has 2 saturated carbocycles. The number of nitrogens with one attached hydrogen (secondary N) is 1. The Morgan fingerprint density at radius 3 is 2.04 bits per heavy atom. The van der Waals surface area contributed by atoms with Crippen molar-refractivity contribution in [2.24, 2.45) is 17.3 Å². The van der Waals surface area contributed by atoms with Crippen LogP contribution in [0.1, 0.15) is 52.4 Å². The Morgan fingerprint density at radius 1 is 1.00 bits per heavy atom. The van der Waals surface area contributed by atoms with Crippen LogP contribution in [0.5, 0.6) is 0 Å². The highest BCUT2D eigenvalue weighted by Crippen LogP contribution is 2.36. The molecule has 1 aliphatic heterocycles. The molecule has 1 unspecified atom stereocenters. The Balaban J connectivity index is 1.66. The summed E-state index contributed by atoms with van der Waals surface area (Å²) >= 11 is 0. The van der Waals surface area contributed by atoms with Crippen LogP contribution in [0.4, 0.5) is 0 Å². The standard InChI is InChI=1S/C19H33N3O2/c1-3-21(12-15-5-6-15)17(23)11-19(9-10-20-14-19)18(24)22(4-2)13-16-7-8-16/h15-16,20H,3-14H2,1-2H3. The highest BCUT2D eigenvalue weighted by molar-refractivity contribution is 5.89. The van der Waals surface area contributed by atoms with Crippen molar-refractivity contribution in [1.29, 1.82) is 0 Å². The molecule has 5 nitrogen and oxygen atoms in total. The third-order valence-corrected chi connectivity index (χ3v) is 5.94. The van der Waals surface area contributed by atoms with Gasteiger partial charge in [0, 0.05) is 39.1 Å². The molecular weight excluding hydrogens is 302 g/mol. The van der Waals surface area contributed by atoms with Crippen LogP contribution < -0.4 is 5.32 Å². The van der Waals surface area contributed by atoms with E-state index in [1.165, 1.54) is 25.7 Å². The van der Waals surface area contributed by atoms with Gasteiger partial charge in [0.2, 0.25) is 11.8 Å². The molecule has 1 atom stereocenters. The maximum atomic E-state index is 13.3. The van der Waals surface area contributed by atoms with Gasteiger partial charge < -0.3 is 15.1 Å². The van der Waals surface area contributed by atoms with Crippen molar-refractivity contribution in [2.45, 2.75) is 52.4 Å². The molecule has 3 aliphatic rings. The van der Waals surface area contributed by atoms with Crippen molar-refractivity contribution in [2.75, 3.05) is 39.3 Å². The zero-order valence-electron chi connectivity index (χ0n) is 15.4. The maximum Gasteiger partial charge on any atom is 0.230 e. The van der Waals surface area contributed by atoms with Gasteiger partial charge in [-0.15, -0.1) is 0 Å². The summed E-state index contributed by atoms with van der Waals surface area (Å²) in [5.41, 5.74) is -0.515. The summed E-state index contributed by atoms with van der Waals surface area (Å²) in [7, 11) is 0. The normalized spacial score (nSPS) is 26.4. The fourth-order valence-corrected chi connectivity index (χ4v) is 3.88. The van der Waals surface area contributed by atoms with E-state index in [-0.39, 0.29) is 11.8 Å². The summed E-state index contributed by atoms with van der Waals surface area (Å²) in [6.45, 7) is 8.88. The highest BCUT2D eigenvalue weighted by Gasteiger charge is 2.46. The topological polar surface area (TPSA) is 52.7 Å². The van der Waals surface area contributed by atoms with Gasteiger partial charge in [0.05, 0.1) is 5.41 Å². The Bertz CT molecular complexity index is 465. The number of hydrogen-bond donors (Lipinski definition) is 1. The summed E-state index contributed by atoms with van der Waals surface area (Å²) in [6.07, 6.45) is 6.17. The zero-order chi connectivity index (χ0) is 17.2. The monoisotopic (exact) mass is 335 g/mol. The van der Waals surface area contributed by atoms with Crippen LogP contribution in [0.25, 0.3) is 0 Å². The van der Waals surface area contributed by atoms with Crippen molar-refractivity contribution in [3.63, 3.8) is 0 Å². The number of nitrogens with zero attached hydrogens (tertiary/aromatic N) is 2. The third kappa shape index (κ3) is 4.11. The van der Waals surface area contributed by atoms with Gasteiger partial charge in [-0.05, 0) is 64.3 Å². The minimum Gasteiger partial charge on any atom is -0.343 e. The lowest BCUT2D eigenvalue weighted by atomic mass is 9.81. The third-order valence-electron chi connectivity index (χ3n) is 5.94. The van der Waals surface area contributed by atoms with E-state index in [2.05, 4.69) is 12.2 Å². The summed E-state index contributed by atoms with van der Waals surface area (Å²) in [4.78, 5) is 30.1. The molecular formula is C19H33N3O2. The first-order chi connectivity index (χ1) is 11.6. The number of carbonyl (C=O) groups excluding carboxylic acids is 2. The SMILES string of the molecule is CCN(CC1CC1)C(=O)CC1(C(=O)N(CC)CC2CC2)CCNC1. The van der Waals surface area contributed by atoms with E-state index in [9.17, 15) is 9.59 Å². The number of hydrogen-bond acceptors (Lipinski definition) is 3. The Kier molecular flexibility index (Phi) is 5.48. The minimum absolute atomic E-state index is 0.170. The van der Waals surface area contributed by atoms with Crippen molar-refractivity contribution in [3.8, 4) is 0 Å². The van der Waals surface area contributed by atoms with Gasteiger partial charge in [-0.2, -0.15) is 0 Å². The van der Waals surface area contributed by atoms with Crippen molar-refractivity contribution < 1.29 is 9.59 Å². The molecule has 0 radical (unpaired) electrons. The molecule has 0 aromatic heterocycles. The molecule has 1 heterocycles. The van der Waals surface area contributed by atoms with E-state index in [1.54, 1.807) is 0 Å². The largest absolute Gasteiger partial charge is 0.343 e. The second-order valence-electron chi connectivity index (χ2n) is 8.05. The van der Waals surface area contributed by atoms with E-state index >= 15 is 0 Å². The van der Waals surface area contributed by atoms with Gasteiger partial charge in [0.25, 0.3) is 0 Å². The van der Waals surface area contributed by atoms with Crippen molar-refractivity contribution in [3.05, 3.63) is 0 Å². The lowest BCUT2D eigenvalue weighted by molar-refractivity contribution is -0.147. The summed E-state index contributed by atoms with van der Waals surface area (Å²) in [5.74, 6) is 1.77. The van der Waals surface area contributed by atoms with E-state index in [1.807, 2.05) is 16.7 Å². The van der Waals surface area contributed by atoms with Crippen LogP contribution in [-0.4, -0.2) is 60.9 Å². The molecule has 2 amide bonds. The Morgan fingerprint density at radius 2 is 1.58 bits per heavy atom. The number of carbonyl (C=O) groups is 2. The summed E-state index contributed by atoms with van der Waals surface area (Å²) in [5, 5.41) is 3.34. The lowest BCUT2D eigenvalue weighted by Gasteiger charge is -2.34. The molecule has 24 heavy (non-hydrogen) atoms. The first kappa shape index (κ1) is 17.7. The first-order valence-electron chi connectivity index (χ1n) is 9.86. The van der Waals surface area contributed by atoms with E-state index < -0.39 is 5.41 Å². The number of amides is 2. The van der Waals surface area contributed by atoms with E-state index in [0.717, 1.165) is 39.1 Å². The smallest absolute Gasteiger partial charge is 0.230 e. The molecule has 1 saturated heterocycles. The molecule has 1 N–H and O–H groups in total. The van der Waals surface area contributed by atoms with Crippen LogP contribution in [0, 0.1) is 17.3 Å². The van der Waals surface area contributed by atoms with Crippen LogP contribution in [-0.2, 0) is 9.59 Å². The zero-order valence-corrected chi connectivity index (χ0v) is 15.4. The van der Waals surface area contributed by atoms with Crippen molar-refractivity contribution >= 4 is 11.8 Å². The molecule has 3 fully saturated rings.